The number of nitrogens with zero attached hydrogens (tertiary/aromatic N) is 2. The second-order valence-electron chi connectivity index (χ2n) is 8.15. The summed E-state index contributed by atoms with van der Waals surface area (Å²) in [7, 11) is 0. The summed E-state index contributed by atoms with van der Waals surface area (Å²) in [4.78, 5) is 30.4. The molecule has 2 fully saturated rings. The predicted molar refractivity (Wildman–Crippen MR) is 117 cm³/mol. The van der Waals surface area contributed by atoms with Crippen molar-refractivity contribution >= 4 is 40.8 Å². The van der Waals surface area contributed by atoms with Crippen LogP contribution in [0.15, 0.2) is 48.5 Å². The molecular weight excluding hydrogens is 407 g/mol. The first-order chi connectivity index (χ1) is 13.9. The van der Waals surface area contributed by atoms with Crippen molar-refractivity contribution in [2.24, 2.45) is 0 Å². The van der Waals surface area contributed by atoms with E-state index in [2.05, 4.69) is 0 Å². The van der Waals surface area contributed by atoms with Gasteiger partial charge in [0.05, 0.1) is 5.69 Å². The molecule has 1 atom stereocenters. The lowest BCUT2D eigenvalue weighted by atomic mass is 9.86. The summed E-state index contributed by atoms with van der Waals surface area (Å²) >= 11 is 12.3. The number of carbonyl (C=O) groups is 2. The summed E-state index contributed by atoms with van der Waals surface area (Å²) in [5, 5.41) is 0.794. The minimum atomic E-state index is -0.949. The molecule has 29 heavy (non-hydrogen) atoms. The average molecular weight is 431 g/mol. The Hall–Kier alpha value is -2.04. The Morgan fingerprint density at radius 3 is 2.21 bits per heavy atom. The van der Waals surface area contributed by atoms with E-state index in [0.29, 0.717) is 22.2 Å². The summed E-state index contributed by atoms with van der Waals surface area (Å²) in [6, 6.07) is 14.5. The number of rotatable bonds is 4. The van der Waals surface area contributed by atoms with Crippen LogP contribution in [0.2, 0.25) is 10.0 Å². The van der Waals surface area contributed by atoms with Crippen LogP contribution in [0.5, 0.6) is 0 Å². The van der Waals surface area contributed by atoms with Crippen LogP contribution in [0.1, 0.15) is 44.6 Å². The molecule has 1 aliphatic heterocycles. The maximum absolute atomic E-state index is 13.7. The fourth-order valence-corrected chi connectivity index (χ4v) is 5.21. The largest absolute Gasteiger partial charge is 0.332 e. The molecule has 0 radical (unpaired) electrons. The molecule has 2 aliphatic rings. The number of carbonyl (C=O) groups excluding carboxylic acids is 2. The molecule has 1 saturated heterocycles. The number of amides is 3. The van der Waals surface area contributed by atoms with Crippen LogP contribution in [-0.4, -0.2) is 28.4 Å². The van der Waals surface area contributed by atoms with Gasteiger partial charge in [0.15, 0.2) is 0 Å². The van der Waals surface area contributed by atoms with Crippen LogP contribution in [0.25, 0.3) is 0 Å². The number of hydrogen-bond acceptors (Lipinski definition) is 2. The predicted octanol–water partition coefficient (Wildman–Crippen LogP) is 6.10. The SMILES string of the molecule is CC1(Cc2ccccc2)C(=O)N(c2cc(Cl)cc(Cl)c2)C(=O)N1C1CCCCC1. The average Bonchev–Trinajstić information content (AvgIpc) is 2.88. The Morgan fingerprint density at radius 1 is 0.966 bits per heavy atom. The lowest BCUT2D eigenvalue weighted by molar-refractivity contribution is -0.125. The molecular formula is C23H24Cl2N2O2. The van der Waals surface area contributed by atoms with Gasteiger partial charge in [-0.25, -0.2) is 9.69 Å². The highest BCUT2D eigenvalue weighted by Crippen LogP contribution is 2.40. The van der Waals surface area contributed by atoms with Gasteiger partial charge in [0, 0.05) is 22.5 Å². The van der Waals surface area contributed by atoms with Gasteiger partial charge in [0.25, 0.3) is 5.91 Å². The van der Waals surface area contributed by atoms with E-state index in [-0.39, 0.29) is 18.0 Å². The summed E-state index contributed by atoms with van der Waals surface area (Å²) < 4.78 is 0. The Kier molecular flexibility index (Phi) is 5.58. The minimum absolute atomic E-state index is 0.0635. The monoisotopic (exact) mass is 430 g/mol. The van der Waals surface area contributed by atoms with Crippen LogP contribution in [-0.2, 0) is 11.2 Å². The maximum atomic E-state index is 13.7. The van der Waals surface area contributed by atoms with Gasteiger partial charge >= 0.3 is 6.03 Å². The van der Waals surface area contributed by atoms with Crippen molar-refractivity contribution in [2.45, 2.75) is 57.0 Å². The van der Waals surface area contributed by atoms with Crippen molar-refractivity contribution in [3.8, 4) is 0 Å². The van der Waals surface area contributed by atoms with Gasteiger partial charge in [0.2, 0.25) is 0 Å². The van der Waals surface area contributed by atoms with Gasteiger partial charge in [-0.05, 0) is 43.5 Å². The van der Waals surface area contributed by atoms with Crippen molar-refractivity contribution < 1.29 is 9.59 Å². The Labute approximate surface area is 181 Å². The molecule has 1 unspecified atom stereocenters. The Morgan fingerprint density at radius 2 is 1.59 bits per heavy atom. The van der Waals surface area contributed by atoms with E-state index in [1.165, 1.54) is 11.3 Å². The van der Waals surface area contributed by atoms with E-state index in [1.807, 2.05) is 42.2 Å². The number of halogens is 2. The third-order valence-corrected chi connectivity index (χ3v) is 6.47. The Bertz CT molecular complexity index is 907. The topological polar surface area (TPSA) is 40.6 Å². The summed E-state index contributed by atoms with van der Waals surface area (Å²) in [5.74, 6) is -0.227. The van der Waals surface area contributed by atoms with Gasteiger partial charge in [-0.1, -0.05) is 72.8 Å². The first-order valence-corrected chi connectivity index (χ1v) is 10.8. The summed E-state index contributed by atoms with van der Waals surface area (Å²) in [6.45, 7) is 1.89. The normalized spacial score (nSPS) is 23.1. The molecule has 0 N–H and O–H groups in total. The zero-order valence-corrected chi connectivity index (χ0v) is 17.9. The van der Waals surface area contributed by atoms with Crippen LogP contribution < -0.4 is 4.90 Å². The smallest absolute Gasteiger partial charge is 0.306 e. The van der Waals surface area contributed by atoms with Crippen LogP contribution in [0, 0.1) is 0 Å². The Balaban J connectivity index is 1.77. The standard InChI is InChI=1S/C23H24Cl2N2O2/c1-23(15-16-8-4-2-5-9-16)21(28)26(20-13-17(24)12-18(25)14-20)22(29)27(23)19-10-6-3-7-11-19/h2,4-5,8-9,12-14,19H,3,6-7,10-11,15H2,1H3. The highest BCUT2D eigenvalue weighted by molar-refractivity contribution is 6.35. The summed E-state index contributed by atoms with van der Waals surface area (Å²) in [5.41, 5.74) is 0.507. The van der Waals surface area contributed by atoms with Crippen LogP contribution in [0.3, 0.4) is 0 Å². The number of imide groups is 1. The second kappa shape index (κ2) is 8.00. The molecule has 152 valence electrons. The first-order valence-electron chi connectivity index (χ1n) is 10.1. The molecule has 4 nitrogen and oxygen atoms in total. The van der Waals surface area contributed by atoms with E-state index < -0.39 is 5.54 Å². The highest BCUT2D eigenvalue weighted by atomic mass is 35.5. The number of hydrogen-bond donors (Lipinski definition) is 0. The van der Waals surface area contributed by atoms with E-state index in [1.54, 1.807) is 18.2 Å². The van der Waals surface area contributed by atoms with Gasteiger partial charge in [-0.3, -0.25) is 4.79 Å². The molecule has 1 aliphatic carbocycles. The quantitative estimate of drug-likeness (QED) is 0.549. The molecule has 1 heterocycles. The molecule has 4 rings (SSSR count). The second-order valence-corrected chi connectivity index (χ2v) is 9.02. The molecule has 0 spiro atoms. The zero-order valence-electron chi connectivity index (χ0n) is 16.4. The van der Waals surface area contributed by atoms with Gasteiger partial charge in [-0.15, -0.1) is 0 Å². The fourth-order valence-electron chi connectivity index (χ4n) is 4.70. The third kappa shape index (κ3) is 3.76. The molecule has 2 aromatic rings. The van der Waals surface area contributed by atoms with Crippen molar-refractivity contribution in [1.82, 2.24) is 4.90 Å². The van der Waals surface area contributed by atoms with Crippen LogP contribution >= 0.6 is 23.2 Å². The molecule has 1 saturated carbocycles. The molecule has 3 amide bonds. The number of urea groups is 1. The minimum Gasteiger partial charge on any atom is -0.306 e. The van der Waals surface area contributed by atoms with E-state index >= 15 is 0 Å². The van der Waals surface area contributed by atoms with E-state index in [4.69, 9.17) is 23.2 Å². The van der Waals surface area contributed by atoms with Gasteiger partial charge in [0.1, 0.15) is 5.54 Å². The fraction of sp³-hybridized carbons (Fsp3) is 0.391. The molecule has 0 aromatic heterocycles. The van der Waals surface area contributed by atoms with Gasteiger partial charge in [-0.2, -0.15) is 0 Å². The number of benzene rings is 2. The lowest BCUT2D eigenvalue weighted by Gasteiger charge is -2.39. The molecule has 0 bridgehead atoms. The van der Waals surface area contributed by atoms with Crippen LogP contribution in [0.4, 0.5) is 10.5 Å². The molecule has 2 aromatic carbocycles. The van der Waals surface area contributed by atoms with E-state index in [0.717, 1.165) is 31.2 Å². The first kappa shape index (κ1) is 20.2. The van der Waals surface area contributed by atoms with Crippen molar-refractivity contribution in [3.05, 3.63) is 64.1 Å². The van der Waals surface area contributed by atoms with Crippen molar-refractivity contribution in [1.29, 1.82) is 0 Å². The summed E-state index contributed by atoms with van der Waals surface area (Å²) in [6.07, 6.45) is 5.65. The van der Waals surface area contributed by atoms with Gasteiger partial charge < -0.3 is 4.90 Å². The highest BCUT2D eigenvalue weighted by Gasteiger charge is 2.56. The van der Waals surface area contributed by atoms with Crippen molar-refractivity contribution in [2.75, 3.05) is 4.90 Å². The number of anilines is 1. The third-order valence-electron chi connectivity index (χ3n) is 6.03. The maximum Gasteiger partial charge on any atom is 0.332 e. The van der Waals surface area contributed by atoms with E-state index in [9.17, 15) is 9.59 Å². The molecule has 6 heteroatoms. The zero-order chi connectivity index (χ0) is 20.6. The van der Waals surface area contributed by atoms with Crippen molar-refractivity contribution in [3.63, 3.8) is 0 Å². The lowest BCUT2D eigenvalue weighted by Crippen LogP contribution is -2.53.